The Morgan fingerprint density at radius 2 is 1.91 bits per heavy atom. The minimum atomic E-state index is 0.292. The SMILES string of the molecule is CCN(CC)CCCCC(=O)Cc1ccc(Nc2ncc(Br)c(Nc3cc(C4CC4)[nH]n3)n2)cc1. The fourth-order valence-corrected chi connectivity index (χ4v) is 4.28. The van der Waals surface area contributed by atoms with Gasteiger partial charge < -0.3 is 15.5 Å². The molecule has 4 rings (SSSR count). The highest BCUT2D eigenvalue weighted by molar-refractivity contribution is 9.10. The smallest absolute Gasteiger partial charge is 0.229 e. The van der Waals surface area contributed by atoms with Gasteiger partial charge in [0.2, 0.25) is 5.95 Å². The molecule has 0 unspecified atom stereocenters. The Bertz CT molecular complexity index is 1110. The summed E-state index contributed by atoms with van der Waals surface area (Å²) in [5, 5.41) is 13.9. The number of nitrogens with one attached hydrogen (secondary N) is 3. The molecule has 1 aromatic carbocycles. The van der Waals surface area contributed by atoms with E-state index >= 15 is 0 Å². The van der Waals surface area contributed by atoms with Crippen LogP contribution in [0.15, 0.2) is 41.0 Å². The molecular formula is C26H34BrN7O. The van der Waals surface area contributed by atoms with Crippen molar-refractivity contribution in [2.24, 2.45) is 0 Å². The first kappa shape index (κ1) is 25.3. The average molecular weight is 541 g/mol. The molecule has 0 aliphatic heterocycles. The Labute approximate surface area is 215 Å². The van der Waals surface area contributed by atoms with E-state index in [0.29, 0.717) is 36.3 Å². The maximum atomic E-state index is 12.4. The first-order valence-corrected chi connectivity index (χ1v) is 13.3. The van der Waals surface area contributed by atoms with E-state index in [2.05, 4.69) is 65.5 Å². The molecule has 3 aromatic rings. The van der Waals surface area contributed by atoms with Crippen molar-refractivity contribution in [3.63, 3.8) is 0 Å². The van der Waals surface area contributed by atoms with E-state index in [1.165, 1.54) is 12.8 Å². The monoisotopic (exact) mass is 539 g/mol. The number of nitrogens with zero attached hydrogens (tertiary/aromatic N) is 4. The number of Topliss-reactive ketones (excluding diaryl/α,β-unsaturated/α-hetero) is 1. The van der Waals surface area contributed by atoms with Crippen LogP contribution < -0.4 is 10.6 Å². The number of aromatic amines is 1. The highest BCUT2D eigenvalue weighted by Crippen LogP contribution is 2.39. The van der Waals surface area contributed by atoms with Crippen LogP contribution in [0.1, 0.15) is 63.1 Å². The zero-order valence-corrected chi connectivity index (χ0v) is 22.1. The van der Waals surface area contributed by atoms with Crippen LogP contribution in [-0.2, 0) is 11.2 Å². The van der Waals surface area contributed by atoms with Crippen LogP contribution in [0.5, 0.6) is 0 Å². The van der Waals surface area contributed by atoms with Crippen molar-refractivity contribution in [2.45, 2.75) is 58.3 Å². The lowest BCUT2D eigenvalue weighted by Gasteiger charge is -2.17. The van der Waals surface area contributed by atoms with Crippen molar-refractivity contribution in [2.75, 3.05) is 30.3 Å². The summed E-state index contributed by atoms with van der Waals surface area (Å²) in [6, 6.07) is 9.91. The summed E-state index contributed by atoms with van der Waals surface area (Å²) in [5.41, 5.74) is 3.05. The van der Waals surface area contributed by atoms with Gasteiger partial charge in [-0.25, -0.2) is 4.98 Å². The van der Waals surface area contributed by atoms with Gasteiger partial charge in [0.25, 0.3) is 0 Å². The van der Waals surface area contributed by atoms with Gasteiger partial charge in [0.05, 0.1) is 4.47 Å². The number of hydrogen-bond acceptors (Lipinski definition) is 7. The molecule has 1 aliphatic rings. The molecule has 1 saturated carbocycles. The molecule has 1 fully saturated rings. The zero-order valence-electron chi connectivity index (χ0n) is 20.5. The molecule has 0 spiro atoms. The molecule has 1 aliphatic carbocycles. The number of halogens is 1. The fourth-order valence-electron chi connectivity index (χ4n) is 3.99. The number of unbranched alkanes of at least 4 members (excludes halogenated alkanes) is 1. The molecule has 0 amide bonds. The van der Waals surface area contributed by atoms with Crippen LogP contribution in [0.4, 0.5) is 23.3 Å². The van der Waals surface area contributed by atoms with Crippen LogP contribution in [0.3, 0.4) is 0 Å². The van der Waals surface area contributed by atoms with Crippen LogP contribution in [0, 0.1) is 0 Å². The van der Waals surface area contributed by atoms with E-state index in [1.54, 1.807) is 6.20 Å². The Morgan fingerprint density at radius 3 is 2.63 bits per heavy atom. The van der Waals surface area contributed by atoms with Crippen molar-refractivity contribution < 1.29 is 4.79 Å². The van der Waals surface area contributed by atoms with Gasteiger partial charge in [0, 0.05) is 42.4 Å². The molecule has 8 nitrogen and oxygen atoms in total. The summed E-state index contributed by atoms with van der Waals surface area (Å²) < 4.78 is 0.755. The molecule has 0 saturated heterocycles. The minimum absolute atomic E-state index is 0.292. The van der Waals surface area contributed by atoms with Gasteiger partial charge in [0.15, 0.2) is 11.6 Å². The van der Waals surface area contributed by atoms with Gasteiger partial charge in [-0.3, -0.25) is 9.89 Å². The molecule has 0 atom stereocenters. The molecule has 2 heterocycles. The van der Waals surface area contributed by atoms with E-state index < -0.39 is 0 Å². The third kappa shape index (κ3) is 7.60. The maximum Gasteiger partial charge on any atom is 0.229 e. The first-order valence-electron chi connectivity index (χ1n) is 12.5. The lowest BCUT2D eigenvalue weighted by molar-refractivity contribution is -0.118. The second kappa shape index (κ2) is 12.3. The maximum absolute atomic E-state index is 12.4. The second-order valence-corrected chi connectivity index (χ2v) is 9.87. The molecular weight excluding hydrogens is 506 g/mol. The summed E-state index contributed by atoms with van der Waals surface area (Å²) in [4.78, 5) is 23.7. The normalized spacial score (nSPS) is 13.3. The molecule has 2 aromatic heterocycles. The molecule has 9 heteroatoms. The van der Waals surface area contributed by atoms with Gasteiger partial charge in [-0.2, -0.15) is 10.1 Å². The van der Waals surface area contributed by atoms with Crippen molar-refractivity contribution >= 4 is 45.0 Å². The first-order chi connectivity index (χ1) is 17.0. The van der Waals surface area contributed by atoms with Crippen molar-refractivity contribution in [1.82, 2.24) is 25.1 Å². The number of carbonyl (C=O) groups is 1. The van der Waals surface area contributed by atoms with Gasteiger partial charge >= 0.3 is 0 Å². The standard InChI is InChI=1S/C26H34BrN7O/c1-3-34(4-2)14-6-5-7-21(35)15-18-8-12-20(13-9-18)29-26-28-17-22(27)25(31-26)30-24-16-23(32-33-24)19-10-11-19/h8-9,12-13,16-17,19H,3-7,10-11,14-15H2,1-2H3,(H3,28,29,30,31,32,33). The lowest BCUT2D eigenvalue weighted by Crippen LogP contribution is -2.24. The number of carbonyl (C=O) groups excluding carboxylic acids is 1. The average Bonchev–Trinajstić information content (AvgIpc) is 3.61. The summed E-state index contributed by atoms with van der Waals surface area (Å²) in [6.07, 6.45) is 7.28. The van der Waals surface area contributed by atoms with E-state index in [0.717, 1.165) is 59.7 Å². The topological polar surface area (TPSA) is 98.8 Å². The van der Waals surface area contributed by atoms with Crippen LogP contribution in [0.25, 0.3) is 0 Å². The molecule has 3 N–H and O–H groups in total. The van der Waals surface area contributed by atoms with Crippen LogP contribution in [-0.4, -0.2) is 50.5 Å². The Hall–Kier alpha value is -2.78. The predicted molar refractivity (Wildman–Crippen MR) is 144 cm³/mol. The molecule has 0 bridgehead atoms. The summed E-state index contributed by atoms with van der Waals surface area (Å²) >= 11 is 3.50. The minimum Gasteiger partial charge on any atom is -0.324 e. The van der Waals surface area contributed by atoms with Gasteiger partial charge in [0.1, 0.15) is 5.78 Å². The number of benzene rings is 1. The van der Waals surface area contributed by atoms with Gasteiger partial charge in [-0.15, -0.1) is 0 Å². The summed E-state index contributed by atoms with van der Waals surface area (Å²) in [5.74, 6) is 2.75. The Morgan fingerprint density at radius 1 is 1.14 bits per heavy atom. The van der Waals surface area contributed by atoms with Crippen LogP contribution >= 0.6 is 15.9 Å². The largest absolute Gasteiger partial charge is 0.324 e. The quantitative estimate of drug-likeness (QED) is 0.217. The summed E-state index contributed by atoms with van der Waals surface area (Å²) in [7, 11) is 0. The zero-order chi connectivity index (χ0) is 24.6. The molecule has 35 heavy (non-hydrogen) atoms. The van der Waals surface area contributed by atoms with E-state index in [9.17, 15) is 4.79 Å². The number of hydrogen-bond donors (Lipinski definition) is 3. The number of rotatable bonds is 14. The van der Waals surface area contributed by atoms with E-state index in [4.69, 9.17) is 0 Å². The van der Waals surface area contributed by atoms with E-state index in [-0.39, 0.29) is 0 Å². The van der Waals surface area contributed by atoms with Crippen molar-refractivity contribution in [1.29, 1.82) is 0 Å². The van der Waals surface area contributed by atoms with Crippen molar-refractivity contribution in [3.05, 3.63) is 52.3 Å². The number of aromatic nitrogens is 4. The van der Waals surface area contributed by atoms with E-state index in [1.807, 2.05) is 30.3 Å². The Balaban J connectivity index is 1.27. The predicted octanol–water partition coefficient (Wildman–Crippen LogP) is 5.95. The fraction of sp³-hybridized carbons (Fsp3) is 0.462. The third-order valence-electron chi connectivity index (χ3n) is 6.29. The number of H-pyrrole nitrogens is 1. The van der Waals surface area contributed by atoms with Gasteiger partial charge in [-0.1, -0.05) is 26.0 Å². The second-order valence-electron chi connectivity index (χ2n) is 9.02. The summed E-state index contributed by atoms with van der Waals surface area (Å²) in [6.45, 7) is 7.56. The highest BCUT2D eigenvalue weighted by atomic mass is 79.9. The van der Waals surface area contributed by atoms with Gasteiger partial charge in [-0.05, 0) is 78.9 Å². The molecule has 0 radical (unpaired) electrons. The Kier molecular flexibility index (Phi) is 8.87. The van der Waals surface area contributed by atoms with Crippen LogP contribution in [0.2, 0.25) is 0 Å². The highest BCUT2D eigenvalue weighted by Gasteiger charge is 2.25. The molecule has 186 valence electrons. The lowest BCUT2D eigenvalue weighted by atomic mass is 10.0. The number of anilines is 4. The number of ketones is 1. The van der Waals surface area contributed by atoms with Crippen molar-refractivity contribution in [3.8, 4) is 0 Å². The third-order valence-corrected chi connectivity index (χ3v) is 6.87.